The molecule has 5 nitrogen and oxygen atoms in total. The van der Waals surface area contributed by atoms with E-state index in [1.165, 1.54) is 22.3 Å². The van der Waals surface area contributed by atoms with Gasteiger partial charge in [0.2, 0.25) is 5.66 Å². The highest BCUT2D eigenvalue weighted by Gasteiger charge is 2.56. The molecule has 2 aliphatic rings. The molecule has 1 aromatic heterocycles. The molecule has 0 unspecified atom stereocenters. The number of imidazole rings is 1. The van der Waals surface area contributed by atoms with Crippen LogP contribution in [0.3, 0.4) is 0 Å². The SMILES string of the molecule is CCc1ccc2c(c1)[C@@]1(Nc3ccccc3-c3nc4cc(C)c(C)cc4n31)C(=O)N2CCc1ccccc1. The van der Waals surface area contributed by atoms with E-state index >= 15 is 0 Å². The van der Waals surface area contributed by atoms with Crippen LogP contribution in [0.5, 0.6) is 0 Å². The van der Waals surface area contributed by atoms with E-state index in [-0.39, 0.29) is 5.91 Å². The van der Waals surface area contributed by atoms with Crippen LogP contribution < -0.4 is 10.2 Å². The van der Waals surface area contributed by atoms with Crippen molar-refractivity contribution in [3.05, 3.63) is 113 Å². The van der Waals surface area contributed by atoms with Crippen molar-refractivity contribution in [2.24, 2.45) is 0 Å². The molecule has 4 aromatic carbocycles. The number of benzene rings is 4. The predicted molar refractivity (Wildman–Crippen MR) is 154 cm³/mol. The van der Waals surface area contributed by atoms with E-state index in [1.807, 2.05) is 23.1 Å². The van der Waals surface area contributed by atoms with E-state index in [9.17, 15) is 4.79 Å². The predicted octanol–water partition coefficient (Wildman–Crippen LogP) is 6.60. The number of nitrogens with zero attached hydrogens (tertiary/aromatic N) is 3. The normalized spacial score (nSPS) is 17.4. The Hall–Kier alpha value is -4.38. The number of hydrogen-bond donors (Lipinski definition) is 1. The van der Waals surface area contributed by atoms with E-state index in [0.717, 1.165) is 52.2 Å². The number of hydrogen-bond acceptors (Lipinski definition) is 3. The fraction of sp³-hybridized carbons (Fsp3) is 0.212. The lowest BCUT2D eigenvalue weighted by Crippen LogP contribution is -2.53. The molecule has 1 amide bonds. The van der Waals surface area contributed by atoms with Crippen molar-refractivity contribution in [3.8, 4) is 11.4 Å². The summed E-state index contributed by atoms with van der Waals surface area (Å²) in [6.45, 7) is 7.00. The number of aromatic nitrogens is 2. The average Bonchev–Trinajstić information content (AvgIpc) is 3.41. The van der Waals surface area contributed by atoms with Crippen molar-refractivity contribution >= 4 is 28.3 Å². The molecule has 1 spiro atoms. The van der Waals surface area contributed by atoms with Crippen molar-refractivity contribution in [2.45, 2.75) is 39.3 Å². The molecule has 188 valence electrons. The van der Waals surface area contributed by atoms with E-state index in [2.05, 4.69) is 97.4 Å². The third-order valence-corrected chi connectivity index (χ3v) is 8.26. The summed E-state index contributed by atoms with van der Waals surface area (Å²) in [5.74, 6) is 0.857. The van der Waals surface area contributed by atoms with Crippen LogP contribution in [-0.2, 0) is 23.3 Å². The lowest BCUT2D eigenvalue weighted by Gasteiger charge is -2.38. The van der Waals surface area contributed by atoms with Gasteiger partial charge in [-0.05, 0) is 85.3 Å². The highest BCUT2D eigenvalue weighted by atomic mass is 16.2. The minimum Gasteiger partial charge on any atom is -0.350 e. The van der Waals surface area contributed by atoms with Gasteiger partial charge < -0.3 is 10.2 Å². The number of para-hydroxylation sites is 1. The minimum absolute atomic E-state index is 0.0324. The summed E-state index contributed by atoms with van der Waals surface area (Å²) in [6.07, 6.45) is 1.68. The van der Waals surface area contributed by atoms with Crippen molar-refractivity contribution < 1.29 is 4.79 Å². The Labute approximate surface area is 222 Å². The van der Waals surface area contributed by atoms with E-state index in [1.54, 1.807) is 0 Å². The standard InChI is InChI=1S/C33H30N4O/c1-4-23-14-15-29-26(20-23)33(32(38)36(29)17-16-24-10-6-5-7-11-24)35-27-13-9-8-12-25(27)31-34-28-18-21(2)22(3)19-30(28)37(31)33/h5-15,18-20,35H,4,16-17H2,1-3H3/t33-/m0/s1. The van der Waals surface area contributed by atoms with Gasteiger partial charge in [-0.2, -0.15) is 0 Å². The first-order valence-corrected chi connectivity index (χ1v) is 13.4. The first kappa shape index (κ1) is 22.8. The highest BCUT2D eigenvalue weighted by molar-refractivity contribution is 6.12. The first-order chi connectivity index (χ1) is 18.5. The Morgan fingerprint density at radius 3 is 2.45 bits per heavy atom. The fourth-order valence-electron chi connectivity index (χ4n) is 6.08. The maximum Gasteiger partial charge on any atom is 0.279 e. The van der Waals surface area contributed by atoms with Gasteiger partial charge in [0.25, 0.3) is 5.91 Å². The van der Waals surface area contributed by atoms with Crippen molar-refractivity contribution in [1.82, 2.24) is 9.55 Å². The zero-order chi connectivity index (χ0) is 26.0. The van der Waals surface area contributed by atoms with Gasteiger partial charge in [-0.3, -0.25) is 9.36 Å². The molecule has 38 heavy (non-hydrogen) atoms. The number of rotatable bonds is 4. The van der Waals surface area contributed by atoms with E-state index in [0.29, 0.717) is 6.54 Å². The molecule has 0 saturated heterocycles. The molecule has 7 rings (SSSR count). The van der Waals surface area contributed by atoms with Crippen LogP contribution in [0.4, 0.5) is 11.4 Å². The lowest BCUT2D eigenvalue weighted by molar-refractivity contribution is -0.123. The molecule has 0 bridgehead atoms. The Kier molecular flexibility index (Phi) is 4.99. The monoisotopic (exact) mass is 498 g/mol. The molecule has 0 fully saturated rings. The van der Waals surface area contributed by atoms with Crippen LogP contribution in [0.2, 0.25) is 0 Å². The number of nitrogens with one attached hydrogen (secondary N) is 1. The molecule has 2 aliphatic heterocycles. The second-order valence-electron chi connectivity index (χ2n) is 10.5. The average molecular weight is 499 g/mol. The summed E-state index contributed by atoms with van der Waals surface area (Å²) < 4.78 is 2.17. The summed E-state index contributed by atoms with van der Waals surface area (Å²) in [5, 5.41) is 3.76. The lowest BCUT2D eigenvalue weighted by atomic mass is 9.93. The minimum atomic E-state index is -1.11. The Morgan fingerprint density at radius 1 is 0.868 bits per heavy atom. The van der Waals surface area contributed by atoms with Crippen LogP contribution >= 0.6 is 0 Å². The third-order valence-electron chi connectivity index (χ3n) is 8.26. The number of carbonyl (C=O) groups is 1. The van der Waals surface area contributed by atoms with Crippen molar-refractivity contribution in [2.75, 3.05) is 16.8 Å². The van der Waals surface area contributed by atoms with Gasteiger partial charge in [-0.25, -0.2) is 4.98 Å². The number of carbonyl (C=O) groups excluding carboxylic acids is 1. The molecule has 0 aliphatic carbocycles. The van der Waals surface area contributed by atoms with Crippen LogP contribution in [0.25, 0.3) is 22.4 Å². The second-order valence-corrected chi connectivity index (χ2v) is 10.5. The van der Waals surface area contributed by atoms with Gasteiger partial charge in [-0.1, -0.05) is 55.5 Å². The molecular formula is C33H30N4O. The number of anilines is 2. The molecule has 3 heterocycles. The molecule has 0 saturated carbocycles. The number of amides is 1. The van der Waals surface area contributed by atoms with Crippen molar-refractivity contribution in [1.29, 1.82) is 0 Å². The van der Waals surface area contributed by atoms with Gasteiger partial charge in [0, 0.05) is 23.4 Å². The zero-order valence-electron chi connectivity index (χ0n) is 22.0. The maximum atomic E-state index is 14.8. The maximum absolute atomic E-state index is 14.8. The van der Waals surface area contributed by atoms with Gasteiger partial charge in [0.1, 0.15) is 5.82 Å². The molecule has 1 N–H and O–H groups in total. The van der Waals surface area contributed by atoms with Gasteiger partial charge in [-0.15, -0.1) is 0 Å². The third kappa shape index (κ3) is 3.11. The summed E-state index contributed by atoms with van der Waals surface area (Å²) in [6, 6.07) is 29.4. The zero-order valence-corrected chi connectivity index (χ0v) is 22.0. The Bertz CT molecular complexity index is 1740. The summed E-state index contributed by atoms with van der Waals surface area (Å²) >= 11 is 0. The number of aryl methyl sites for hydroxylation is 3. The van der Waals surface area contributed by atoms with Gasteiger partial charge in [0.05, 0.1) is 16.7 Å². The molecule has 1 atom stereocenters. The fourth-order valence-corrected chi connectivity index (χ4v) is 6.08. The quantitative estimate of drug-likeness (QED) is 0.304. The largest absolute Gasteiger partial charge is 0.350 e. The molecule has 5 heteroatoms. The van der Waals surface area contributed by atoms with Crippen molar-refractivity contribution in [3.63, 3.8) is 0 Å². The van der Waals surface area contributed by atoms with Gasteiger partial charge >= 0.3 is 0 Å². The highest BCUT2D eigenvalue weighted by Crippen LogP contribution is 2.51. The smallest absolute Gasteiger partial charge is 0.279 e. The first-order valence-electron chi connectivity index (χ1n) is 13.4. The topological polar surface area (TPSA) is 50.2 Å². The summed E-state index contributed by atoms with van der Waals surface area (Å²) in [5.41, 5.74) is 9.45. The molecular weight excluding hydrogens is 468 g/mol. The summed E-state index contributed by atoms with van der Waals surface area (Å²) in [4.78, 5) is 21.9. The Morgan fingerprint density at radius 2 is 1.63 bits per heavy atom. The van der Waals surface area contributed by atoms with Crippen LogP contribution in [0.1, 0.15) is 34.7 Å². The van der Waals surface area contributed by atoms with E-state index < -0.39 is 5.66 Å². The van der Waals surface area contributed by atoms with E-state index in [4.69, 9.17) is 4.98 Å². The Balaban J connectivity index is 1.50. The van der Waals surface area contributed by atoms with Gasteiger partial charge in [0.15, 0.2) is 0 Å². The molecule has 0 radical (unpaired) electrons. The molecule has 5 aromatic rings. The van der Waals surface area contributed by atoms with Crippen LogP contribution in [0.15, 0.2) is 84.9 Å². The van der Waals surface area contributed by atoms with Crippen LogP contribution in [0, 0.1) is 13.8 Å². The second kappa shape index (κ2) is 8.32. The number of fused-ring (bicyclic) bond motifs is 8. The summed E-state index contributed by atoms with van der Waals surface area (Å²) in [7, 11) is 0. The van der Waals surface area contributed by atoms with Crippen LogP contribution in [-0.4, -0.2) is 22.0 Å².